The molecule has 22 heavy (non-hydrogen) atoms. The van der Waals surface area contributed by atoms with Crippen LogP contribution in [0.1, 0.15) is 36.8 Å². The zero-order valence-electron chi connectivity index (χ0n) is 13.1. The average Bonchev–Trinajstić information content (AvgIpc) is 2.57. The predicted molar refractivity (Wildman–Crippen MR) is 89.7 cm³/mol. The normalized spacial score (nSPS) is 18.5. The number of nitrogens with zero attached hydrogens (tertiary/aromatic N) is 1. The monoisotopic (exact) mass is 293 g/mol. The highest BCUT2D eigenvalue weighted by molar-refractivity contribution is 5.87. The van der Waals surface area contributed by atoms with E-state index in [2.05, 4.69) is 36.1 Å². The number of piperidine rings is 1. The minimum atomic E-state index is -0.187. The van der Waals surface area contributed by atoms with E-state index in [0.717, 1.165) is 30.6 Å². The van der Waals surface area contributed by atoms with E-state index in [9.17, 15) is 4.79 Å². The van der Waals surface area contributed by atoms with Gasteiger partial charge in [-0.15, -0.1) is 0 Å². The number of benzene rings is 2. The molecule has 0 aromatic heterocycles. The minimum absolute atomic E-state index is 0.187. The van der Waals surface area contributed by atoms with Crippen LogP contribution in [-0.4, -0.2) is 23.9 Å². The van der Waals surface area contributed by atoms with Crippen molar-refractivity contribution < 1.29 is 4.79 Å². The Balaban J connectivity index is 1.93. The average molecular weight is 293 g/mol. The lowest BCUT2D eigenvalue weighted by Crippen LogP contribution is -2.42. The summed E-state index contributed by atoms with van der Waals surface area (Å²) in [6, 6.07) is 20.3. The van der Waals surface area contributed by atoms with Gasteiger partial charge in [-0.1, -0.05) is 67.6 Å². The lowest BCUT2D eigenvalue weighted by Gasteiger charge is -2.34. The molecule has 1 atom stereocenters. The van der Waals surface area contributed by atoms with Crippen molar-refractivity contribution >= 4 is 5.91 Å². The van der Waals surface area contributed by atoms with Gasteiger partial charge in [0.25, 0.3) is 0 Å². The molecule has 0 aliphatic carbocycles. The van der Waals surface area contributed by atoms with Crippen molar-refractivity contribution in [2.75, 3.05) is 13.1 Å². The third kappa shape index (κ3) is 3.22. The maximum atomic E-state index is 13.2. The van der Waals surface area contributed by atoms with Crippen molar-refractivity contribution in [2.24, 2.45) is 5.92 Å². The molecule has 1 amide bonds. The van der Waals surface area contributed by atoms with Crippen molar-refractivity contribution in [3.63, 3.8) is 0 Å². The molecule has 0 spiro atoms. The van der Waals surface area contributed by atoms with Crippen LogP contribution < -0.4 is 0 Å². The fraction of sp³-hybridized carbons (Fsp3) is 0.350. The molecule has 0 unspecified atom stereocenters. The molecule has 2 nitrogen and oxygen atoms in total. The molecule has 114 valence electrons. The Morgan fingerprint density at radius 1 is 1.00 bits per heavy atom. The molecule has 1 aliphatic heterocycles. The van der Waals surface area contributed by atoms with Crippen molar-refractivity contribution in [1.29, 1.82) is 0 Å². The molecule has 1 aliphatic rings. The Morgan fingerprint density at radius 2 is 1.55 bits per heavy atom. The van der Waals surface area contributed by atoms with E-state index in [1.54, 1.807) is 0 Å². The van der Waals surface area contributed by atoms with Gasteiger partial charge in [-0.05, 0) is 29.9 Å². The summed E-state index contributed by atoms with van der Waals surface area (Å²) in [4.78, 5) is 15.2. The van der Waals surface area contributed by atoms with Crippen LogP contribution in [0.25, 0.3) is 0 Å². The van der Waals surface area contributed by atoms with E-state index < -0.39 is 0 Å². The summed E-state index contributed by atoms with van der Waals surface area (Å²) in [5, 5.41) is 0. The standard InChI is InChI=1S/C20H23NO/c1-16-9-8-14-21(15-16)20(22)19(17-10-4-2-5-11-17)18-12-6-3-7-13-18/h2-7,10-13,16,19H,8-9,14-15H2,1H3/t16-/m1/s1. The van der Waals surface area contributed by atoms with E-state index in [0.29, 0.717) is 5.92 Å². The molecule has 1 fully saturated rings. The van der Waals surface area contributed by atoms with E-state index in [1.807, 2.05) is 36.4 Å². The van der Waals surface area contributed by atoms with Crippen LogP contribution in [0.2, 0.25) is 0 Å². The van der Waals surface area contributed by atoms with Gasteiger partial charge in [0.2, 0.25) is 5.91 Å². The Labute approximate surface area is 132 Å². The molecule has 0 N–H and O–H groups in total. The Morgan fingerprint density at radius 3 is 2.05 bits per heavy atom. The molecule has 1 heterocycles. The number of amides is 1. The summed E-state index contributed by atoms with van der Waals surface area (Å²) in [6.07, 6.45) is 2.34. The van der Waals surface area contributed by atoms with Gasteiger partial charge >= 0.3 is 0 Å². The number of carbonyl (C=O) groups excluding carboxylic acids is 1. The van der Waals surface area contributed by atoms with Gasteiger partial charge in [0.05, 0.1) is 5.92 Å². The van der Waals surface area contributed by atoms with E-state index >= 15 is 0 Å². The largest absolute Gasteiger partial charge is 0.342 e. The summed E-state index contributed by atoms with van der Waals surface area (Å²) in [5.41, 5.74) is 2.16. The van der Waals surface area contributed by atoms with Gasteiger partial charge in [-0.2, -0.15) is 0 Å². The van der Waals surface area contributed by atoms with Crippen LogP contribution in [0.3, 0.4) is 0 Å². The van der Waals surface area contributed by atoms with Crippen molar-refractivity contribution in [3.05, 3.63) is 71.8 Å². The van der Waals surface area contributed by atoms with Crippen LogP contribution in [0.5, 0.6) is 0 Å². The zero-order valence-corrected chi connectivity index (χ0v) is 13.1. The van der Waals surface area contributed by atoms with Gasteiger partial charge < -0.3 is 4.90 Å². The second-order valence-corrected chi connectivity index (χ2v) is 6.29. The number of hydrogen-bond donors (Lipinski definition) is 0. The van der Waals surface area contributed by atoms with Gasteiger partial charge in [-0.3, -0.25) is 4.79 Å². The summed E-state index contributed by atoms with van der Waals surface area (Å²) in [7, 11) is 0. The fourth-order valence-corrected chi connectivity index (χ4v) is 3.34. The highest BCUT2D eigenvalue weighted by Gasteiger charge is 2.29. The molecule has 3 rings (SSSR count). The summed E-state index contributed by atoms with van der Waals surface area (Å²) < 4.78 is 0. The lowest BCUT2D eigenvalue weighted by molar-refractivity contribution is -0.133. The number of carbonyl (C=O) groups is 1. The Hall–Kier alpha value is -2.09. The smallest absolute Gasteiger partial charge is 0.234 e. The Bertz CT molecular complexity index is 569. The van der Waals surface area contributed by atoms with E-state index in [4.69, 9.17) is 0 Å². The van der Waals surface area contributed by atoms with Gasteiger partial charge in [0.15, 0.2) is 0 Å². The maximum absolute atomic E-state index is 13.2. The highest BCUT2D eigenvalue weighted by Crippen LogP contribution is 2.28. The maximum Gasteiger partial charge on any atom is 0.234 e. The first-order valence-electron chi connectivity index (χ1n) is 8.14. The van der Waals surface area contributed by atoms with Crippen molar-refractivity contribution in [2.45, 2.75) is 25.7 Å². The van der Waals surface area contributed by atoms with Crippen LogP contribution >= 0.6 is 0 Å². The molecular formula is C20H23NO. The van der Waals surface area contributed by atoms with Crippen LogP contribution in [0.15, 0.2) is 60.7 Å². The molecule has 0 radical (unpaired) electrons. The van der Waals surface area contributed by atoms with Crippen LogP contribution in [0.4, 0.5) is 0 Å². The highest BCUT2D eigenvalue weighted by atomic mass is 16.2. The molecule has 2 aromatic carbocycles. The van der Waals surface area contributed by atoms with Gasteiger partial charge in [0, 0.05) is 13.1 Å². The first-order valence-corrected chi connectivity index (χ1v) is 8.14. The van der Waals surface area contributed by atoms with Crippen LogP contribution in [0, 0.1) is 5.92 Å². The Kier molecular flexibility index (Phi) is 4.57. The number of likely N-dealkylation sites (tertiary alicyclic amines) is 1. The van der Waals surface area contributed by atoms with Crippen molar-refractivity contribution in [1.82, 2.24) is 4.90 Å². The van der Waals surface area contributed by atoms with Gasteiger partial charge in [-0.25, -0.2) is 0 Å². The topological polar surface area (TPSA) is 20.3 Å². The third-order valence-corrected chi connectivity index (χ3v) is 4.48. The summed E-state index contributed by atoms with van der Waals surface area (Å²) >= 11 is 0. The first kappa shape index (κ1) is 14.8. The molecule has 2 aromatic rings. The first-order chi connectivity index (χ1) is 10.8. The summed E-state index contributed by atoms with van der Waals surface area (Å²) in [6.45, 7) is 4.01. The zero-order chi connectivity index (χ0) is 15.4. The second-order valence-electron chi connectivity index (χ2n) is 6.29. The van der Waals surface area contributed by atoms with E-state index in [1.165, 1.54) is 6.42 Å². The second kappa shape index (κ2) is 6.78. The van der Waals surface area contributed by atoms with E-state index in [-0.39, 0.29) is 11.8 Å². The van der Waals surface area contributed by atoms with Gasteiger partial charge in [0.1, 0.15) is 0 Å². The summed E-state index contributed by atoms with van der Waals surface area (Å²) in [5.74, 6) is 0.654. The molecule has 1 saturated heterocycles. The van der Waals surface area contributed by atoms with Crippen LogP contribution in [-0.2, 0) is 4.79 Å². The molecular weight excluding hydrogens is 270 g/mol. The van der Waals surface area contributed by atoms with Crippen molar-refractivity contribution in [3.8, 4) is 0 Å². The molecule has 0 bridgehead atoms. The number of hydrogen-bond acceptors (Lipinski definition) is 1. The fourth-order valence-electron chi connectivity index (χ4n) is 3.34. The SMILES string of the molecule is C[C@@H]1CCCN(C(=O)C(c2ccccc2)c2ccccc2)C1. The molecule has 0 saturated carbocycles. The predicted octanol–water partition coefficient (Wildman–Crippen LogP) is 4.08. The quantitative estimate of drug-likeness (QED) is 0.835. The third-order valence-electron chi connectivity index (χ3n) is 4.48. The number of rotatable bonds is 3. The lowest BCUT2D eigenvalue weighted by atomic mass is 9.88. The minimum Gasteiger partial charge on any atom is -0.342 e. The molecule has 2 heteroatoms.